The van der Waals surface area contributed by atoms with E-state index in [9.17, 15) is 4.79 Å². The zero-order chi connectivity index (χ0) is 19.2. The van der Waals surface area contributed by atoms with Crippen LogP contribution < -0.4 is 10.6 Å². The van der Waals surface area contributed by atoms with Gasteiger partial charge in [-0.3, -0.25) is 10.1 Å². The average molecular weight is 382 g/mol. The van der Waals surface area contributed by atoms with E-state index < -0.39 is 0 Å². The third kappa shape index (κ3) is 5.30. The Morgan fingerprint density at radius 1 is 1.11 bits per heavy atom. The molecule has 0 saturated carbocycles. The average Bonchev–Trinajstić information content (AvgIpc) is 3.06. The normalized spacial score (nSPS) is 10.6. The summed E-state index contributed by atoms with van der Waals surface area (Å²) in [5.41, 5.74) is 3.03. The number of rotatable bonds is 7. The first-order valence-corrected chi connectivity index (χ1v) is 9.68. The summed E-state index contributed by atoms with van der Waals surface area (Å²) >= 11 is 1.42. The smallest absolute Gasteiger partial charge is 0.257 e. The van der Waals surface area contributed by atoms with Crippen molar-refractivity contribution in [2.75, 3.05) is 10.6 Å². The van der Waals surface area contributed by atoms with Crippen LogP contribution in [-0.2, 0) is 6.42 Å². The van der Waals surface area contributed by atoms with Crippen molar-refractivity contribution in [1.82, 2.24) is 20.2 Å². The molecule has 2 heterocycles. The highest BCUT2D eigenvalue weighted by atomic mass is 32.1. The summed E-state index contributed by atoms with van der Waals surface area (Å²) < 4.78 is 0. The van der Waals surface area contributed by atoms with Gasteiger partial charge in [0.1, 0.15) is 5.01 Å². The summed E-state index contributed by atoms with van der Waals surface area (Å²) in [7, 11) is 0. The summed E-state index contributed by atoms with van der Waals surface area (Å²) in [4.78, 5) is 21.2. The summed E-state index contributed by atoms with van der Waals surface area (Å²) in [6.07, 6.45) is 3.06. The van der Waals surface area contributed by atoms with Crippen LogP contribution >= 0.6 is 11.3 Å². The zero-order valence-corrected chi connectivity index (χ0v) is 16.4. The lowest BCUT2D eigenvalue weighted by Gasteiger charge is -2.08. The molecule has 0 aliphatic rings. The number of aromatic nitrogens is 4. The standard InChI is InChI=1S/C19H22N6OS/c1-4-5-9-16-24-25-19(27-16)23-17(26)14-7-6-8-15(11-14)22-18-20-12(2)10-13(3)21-18/h6-8,10-11H,4-5,9H2,1-3H3,(H,20,21,22)(H,23,25,26). The molecule has 0 unspecified atom stereocenters. The van der Waals surface area contributed by atoms with Crippen LogP contribution in [0, 0.1) is 13.8 Å². The van der Waals surface area contributed by atoms with Crippen molar-refractivity contribution >= 4 is 34.0 Å². The van der Waals surface area contributed by atoms with Crippen molar-refractivity contribution in [2.24, 2.45) is 0 Å². The fourth-order valence-corrected chi connectivity index (χ4v) is 3.33. The first kappa shape index (κ1) is 18.9. The summed E-state index contributed by atoms with van der Waals surface area (Å²) in [5.74, 6) is 0.285. The maximum atomic E-state index is 12.5. The Balaban J connectivity index is 1.69. The van der Waals surface area contributed by atoms with Crippen LogP contribution in [0.15, 0.2) is 30.3 Å². The molecule has 27 heavy (non-hydrogen) atoms. The summed E-state index contributed by atoms with van der Waals surface area (Å²) in [6.45, 7) is 5.97. The number of unbranched alkanes of at least 4 members (excludes halogenated alkanes) is 1. The van der Waals surface area contributed by atoms with E-state index in [0.717, 1.165) is 41.3 Å². The number of benzene rings is 1. The minimum atomic E-state index is -0.224. The lowest BCUT2D eigenvalue weighted by atomic mass is 10.2. The maximum absolute atomic E-state index is 12.5. The number of carbonyl (C=O) groups is 1. The minimum absolute atomic E-state index is 0.224. The van der Waals surface area contributed by atoms with E-state index in [0.29, 0.717) is 16.6 Å². The Morgan fingerprint density at radius 2 is 1.89 bits per heavy atom. The number of aryl methyl sites for hydroxylation is 3. The molecule has 7 nitrogen and oxygen atoms in total. The van der Waals surface area contributed by atoms with Crippen molar-refractivity contribution in [3.8, 4) is 0 Å². The Kier molecular flexibility index (Phi) is 6.08. The molecule has 1 amide bonds. The molecular weight excluding hydrogens is 360 g/mol. The second-order valence-corrected chi connectivity index (χ2v) is 7.30. The largest absolute Gasteiger partial charge is 0.324 e. The van der Waals surface area contributed by atoms with Gasteiger partial charge in [0, 0.05) is 29.1 Å². The lowest BCUT2D eigenvalue weighted by Crippen LogP contribution is -2.12. The predicted octanol–water partition coefficient (Wildman–Crippen LogP) is 4.28. The van der Waals surface area contributed by atoms with Gasteiger partial charge in [-0.2, -0.15) is 0 Å². The van der Waals surface area contributed by atoms with Gasteiger partial charge in [0.2, 0.25) is 11.1 Å². The van der Waals surface area contributed by atoms with Crippen molar-refractivity contribution in [3.05, 3.63) is 52.3 Å². The van der Waals surface area contributed by atoms with E-state index >= 15 is 0 Å². The van der Waals surface area contributed by atoms with Crippen LogP contribution in [0.4, 0.5) is 16.8 Å². The highest BCUT2D eigenvalue weighted by Gasteiger charge is 2.11. The number of nitrogens with one attached hydrogen (secondary N) is 2. The number of hydrogen-bond acceptors (Lipinski definition) is 7. The number of nitrogens with zero attached hydrogens (tertiary/aromatic N) is 4. The molecule has 0 atom stereocenters. The van der Waals surface area contributed by atoms with E-state index in [2.05, 4.69) is 37.7 Å². The number of anilines is 3. The molecule has 2 N–H and O–H groups in total. The Hall–Kier alpha value is -2.87. The Labute approximate surface area is 162 Å². The number of amides is 1. The molecule has 2 aromatic heterocycles. The number of carbonyl (C=O) groups excluding carboxylic acids is 1. The van der Waals surface area contributed by atoms with Crippen LogP contribution in [0.5, 0.6) is 0 Å². The maximum Gasteiger partial charge on any atom is 0.257 e. The highest BCUT2D eigenvalue weighted by Crippen LogP contribution is 2.20. The van der Waals surface area contributed by atoms with E-state index in [1.54, 1.807) is 12.1 Å². The third-order valence-corrected chi connectivity index (χ3v) is 4.69. The van der Waals surface area contributed by atoms with Crippen LogP contribution in [-0.4, -0.2) is 26.1 Å². The topological polar surface area (TPSA) is 92.7 Å². The molecule has 140 valence electrons. The molecule has 0 radical (unpaired) electrons. The van der Waals surface area contributed by atoms with Gasteiger partial charge in [0.15, 0.2) is 0 Å². The minimum Gasteiger partial charge on any atom is -0.324 e. The van der Waals surface area contributed by atoms with E-state index in [1.807, 2.05) is 32.0 Å². The fourth-order valence-electron chi connectivity index (χ4n) is 2.55. The van der Waals surface area contributed by atoms with Gasteiger partial charge in [-0.05, 0) is 44.5 Å². The Morgan fingerprint density at radius 3 is 2.63 bits per heavy atom. The molecule has 0 spiro atoms. The molecule has 0 aliphatic heterocycles. The van der Waals surface area contributed by atoms with Gasteiger partial charge in [-0.1, -0.05) is 30.7 Å². The monoisotopic (exact) mass is 382 g/mol. The molecule has 3 aromatic rings. The molecule has 0 aliphatic carbocycles. The third-order valence-electron chi connectivity index (χ3n) is 3.79. The molecule has 0 bridgehead atoms. The van der Waals surface area contributed by atoms with E-state index in [1.165, 1.54) is 11.3 Å². The number of hydrogen-bond donors (Lipinski definition) is 2. The van der Waals surface area contributed by atoms with Gasteiger partial charge >= 0.3 is 0 Å². The summed E-state index contributed by atoms with van der Waals surface area (Å²) in [6, 6.07) is 9.10. The first-order chi connectivity index (χ1) is 13.0. The van der Waals surface area contributed by atoms with Gasteiger partial charge < -0.3 is 5.32 Å². The lowest BCUT2D eigenvalue weighted by molar-refractivity contribution is 0.102. The molecule has 0 saturated heterocycles. The zero-order valence-electron chi connectivity index (χ0n) is 15.6. The van der Waals surface area contributed by atoms with Crippen molar-refractivity contribution < 1.29 is 4.79 Å². The first-order valence-electron chi connectivity index (χ1n) is 8.86. The fraction of sp³-hybridized carbons (Fsp3) is 0.316. The van der Waals surface area contributed by atoms with Gasteiger partial charge in [0.05, 0.1) is 0 Å². The predicted molar refractivity (Wildman–Crippen MR) is 108 cm³/mol. The Bertz CT molecular complexity index is 919. The molecule has 0 fully saturated rings. The molecular formula is C19H22N6OS. The van der Waals surface area contributed by atoms with Crippen LogP contribution in [0.3, 0.4) is 0 Å². The van der Waals surface area contributed by atoms with E-state index in [4.69, 9.17) is 0 Å². The van der Waals surface area contributed by atoms with Crippen molar-refractivity contribution in [3.63, 3.8) is 0 Å². The summed E-state index contributed by atoms with van der Waals surface area (Å²) in [5, 5.41) is 15.6. The van der Waals surface area contributed by atoms with Gasteiger partial charge in [-0.25, -0.2) is 9.97 Å². The van der Waals surface area contributed by atoms with Crippen LogP contribution in [0.25, 0.3) is 0 Å². The second-order valence-electron chi connectivity index (χ2n) is 6.24. The highest BCUT2D eigenvalue weighted by molar-refractivity contribution is 7.15. The SMILES string of the molecule is CCCCc1nnc(NC(=O)c2cccc(Nc3nc(C)cc(C)n3)c2)s1. The molecule has 8 heteroatoms. The van der Waals surface area contributed by atoms with Crippen LogP contribution in [0.1, 0.15) is 46.5 Å². The second kappa shape index (κ2) is 8.68. The van der Waals surface area contributed by atoms with Gasteiger partial charge in [0.25, 0.3) is 5.91 Å². The van der Waals surface area contributed by atoms with Crippen LogP contribution in [0.2, 0.25) is 0 Å². The molecule has 1 aromatic carbocycles. The quantitative estimate of drug-likeness (QED) is 0.633. The van der Waals surface area contributed by atoms with Gasteiger partial charge in [-0.15, -0.1) is 10.2 Å². The van der Waals surface area contributed by atoms with E-state index in [-0.39, 0.29) is 5.91 Å². The van der Waals surface area contributed by atoms with Crippen molar-refractivity contribution in [2.45, 2.75) is 40.0 Å². The molecule has 3 rings (SSSR count). The van der Waals surface area contributed by atoms with Crippen molar-refractivity contribution in [1.29, 1.82) is 0 Å².